The molecular weight excluding hydrogens is 283 g/mol. The van der Waals surface area contributed by atoms with Crippen LogP contribution >= 0.6 is 23.2 Å². The van der Waals surface area contributed by atoms with Crippen LogP contribution < -0.4 is 10.6 Å². The molecule has 0 aliphatic rings. The van der Waals surface area contributed by atoms with E-state index in [0.717, 1.165) is 5.56 Å². The second kappa shape index (κ2) is 6.08. The van der Waals surface area contributed by atoms with Gasteiger partial charge in [-0.05, 0) is 24.6 Å². The van der Waals surface area contributed by atoms with Crippen LogP contribution in [-0.2, 0) is 0 Å². The van der Waals surface area contributed by atoms with Gasteiger partial charge in [-0.1, -0.05) is 35.3 Å². The van der Waals surface area contributed by atoms with Crippen molar-refractivity contribution >= 4 is 35.0 Å². The summed E-state index contributed by atoms with van der Waals surface area (Å²) in [4.78, 5) is 8.32. The van der Waals surface area contributed by atoms with E-state index < -0.39 is 0 Å². The Labute approximate surface area is 122 Å². The Morgan fingerprint density at radius 3 is 2.74 bits per heavy atom. The van der Waals surface area contributed by atoms with Crippen molar-refractivity contribution < 1.29 is 0 Å². The van der Waals surface area contributed by atoms with Gasteiger partial charge < -0.3 is 10.6 Å². The number of hydrogen-bond acceptors (Lipinski definition) is 4. The highest BCUT2D eigenvalue weighted by molar-refractivity contribution is 6.32. The lowest BCUT2D eigenvalue weighted by Crippen LogP contribution is -2.09. The van der Waals surface area contributed by atoms with Gasteiger partial charge in [0, 0.05) is 12.1 Å². The zero-order valence-corrected chi connectivity index (χ0v) is 12.1. The normalized spacial score (nSPS) is 12.0. The van der Waals surface area contributed by atoms with Gasteiger partial charge in [-0.3, -0.25) is 0 Å². The third-order valence-corrected chi connectivity index (χ3v) is 3.18. The van der Waals surface area contributed by atoms with Crippen molar-refractivity contribution in [2.75, 3.05) is 17.7 Å². The van der Waals surface area contributed by atoms with Gasteiger partial charge in [0.1, 0.15) is 5.02 Å². The summed E-state index contributed by atoms with van der Waals surface area (Å²) in [5, 5.41) is 7.31. The summed E-state index contributed by atoms with van der Waals surface area (Å²) in [5.41, 5.74) is 1.06. The number of nitrogens with one attached hydrogen (secondary N) is 2. The molecule has 1 aromatic carbocycles. The van der Waals surface area contributed by atoms with Crippen molar-refractivity contribution in [3.05, 3.63) is 46.1 Å². The highest BCUT2D eigenvalue weighted by Crippen LogP contribution is 2.25. The fourth-order valence-electron chi connectivity index (χ4n) is 1.65. The van der Waals surface area contributed by atoms with E-state index in [0.29, 0.717) is 21.8 Å². The molecule has 0 fully saturated rings. The van der Waals surface area contributed by atoms with Crippen LogP contribution in [0.5, 0.6) is 0 Å². The summed E-state index contributed by atoms with van der Waals surface area (Å²) in [6.07, 6.45) is 1.56. The quantitative estimate of drug-likeness (QED) is 0.895. The molecule has 100 valence electrons. The molecular formula is C13H14Cl2N4. The van der Waals surface area contributed by atoms with Gasteiger partial charge in [-0.2, -0.15) is 4.98 Å². The molecule has 1 aromatic heterocycles. The van der Waals surface area contributed by atoms with Gasteiger partial charge >= 0.3 is 0 Å². The van der Waals surface area contributed by atoms with E-state index in [4.69, 9.17) is 23.2 Å². The van der Waals surface area contributed by atoms with Crippen LogP contribution in [0.4, 0.5) is 11.8 Å². The summed E-state index contributed by atoms with van der Waals surface area (Å²) < 4.78 is 0. The molecule has 0 spiro atoms. The molecule has 0 amide bonds. The van der Waals surface area contributed by atoms with E-state index in [2.05, 4.69) is 20.6 Å². The van der Waals surface area contributed by atoms with Crippen LogP contribution in [0.25, 0.3) is 0 Å². The number of nitrogens with zero attached hydrogens (tertiary/aromatic N) is 2. The first-order chi connectivity index (χ1) is 9.10. The Morgan fingerprint density at radius 1 is 1.26 bits per heavy atom. The molecule has 2 rings (SSSR count). The van der Waals surface area contributed by atoms with Crippen molar-refractivity contribution in [3.8, 4) is 0 Å². The van der Waals surface area contributed by atoms with Crippen molar-refractivity contribution in [2.45, 2.75) is 13.0 Å². The van der Waals surface area contributed by atoms with E-state index in [1.54, 1.807) is 13.2 Å². The van der Waals surface area contributed by atoms with Crippen LogP contribution in [0.1, 0.15) is 18.5 Å². The summed E-state index contributed by atoms with van der Waals surface area (Å²) in [6, 6.07) is 7.70. The average molecular weight is 297 g/mol. The van der Waals surface area contributed by atoms with Gasteiger partial charge in [0.15, 0.2) is 5.82 Å². The largest absolute Gasteiger partial charge is 0.362 e. The number of hydrogen-bond donors (Lipinski definition) is 2. The topological polar surface area (TPSA) is 49.8 Å². The Morgan fingerprint density at radius 2 is 2.05 bits per heavy atom. The minimum Gasteiger partial charge on any atom is -0.362 e. The third-order valence-electron chi connectivity index (χ3n) is 2.67. The maximum Gasteiger partial charge on any atom is 0.224 e. The fourth-order valence-corrected chi connectivity index (χ4v) is 2.00. The first-order valence-electron chi connectivity index (χ1n) is 5.82. The van der Waals surface area contributed by atoms with E-state index >= 15 is 0 Å². The second-order valence-corrected chi connectivity index (χ2v) is 4.90. The summed E-state index contributed by atoms with van der Waals surface area (Å²) >= 11 is 12.1. The molecule has 1 unspecified atom stereocenters. The predicted molar refractivity (Wildman–Crippen MR) is 80.1 cm³/mol. The zero-order chi connectivity index (χ0) is 13.8. The van der Waals surface area contributed by atoms with Gasteiger partial charge in [-0.25, -0.2) is 4.98 Å². The van der Waals surface area contributed by atoms with Gasteiger partial charge in [-0.15, -0.1) is 0 Å². The smallest absolute Gasteiger partial charge is 0.224 e. The number of rotatable bonds is 4. The van der Waals surface area contributed by atoms with E-state index in [1.807, 2.05) is 31.2 Å². The maximum atomic E-state index is 6.07. The molecule has 1 heterocycles. The summed E-state index contributed by atoms with van der Waals surface area (Å²) in [7, 11) is 1.76. The van der Waals surface area contributed by atoms with Crippen molar-refractivity contribution in [1.82, 2.24) is 9.97 Å². The first kappa shape index (κ1) is 13.9. The molecule has 0 aliphatic carbocycles. The number of anilines is 2. The zero-order valence-electron chi connectivity index (χ0n) is 10.6. The minimum atomic E-state index is 0.0378. The maximum absolute atomic E-state index is 6.07. The van der Waals surface area contributed by atoms with Gasteiger partial charge in [0.2, 0.25) is 5.95 Å². The molecule has 4 nitrogen and oxygen atoms in total. The van der Waals surface area contributed by atoms with Crippen LogP contribution in [0.2, 0.25) is 10.0 Å². The number of benzene rings is 1. The monoisotopic (exact) mass is 296 g/mol. The molecule has 2 aromatic rings. The average Bonchev–Trinajstić information content (AvgIpc) is 2.41. The van der Waals surface area contributed by atoms with Crippen LogP contribution in [0, 0.1) is 0 Å². The standard InChI is InChI=1S/C13H14Cl2N4/c1-8(9-4-3-5-10(14)6-9)18-12-11(15)7-17-13(16-2)19-12/h3-8H,1-2H3,(H2,16,17,18,19). The van der Waals surface area contributed by atoms with Crippen molar-refractivity contribution in [1.29, 1.82) is 0 Å². The number of halogens is 2. The van der Waals surface area contributed by atoms with Crippen molar-refractivity contribution in [3.63, 3.8) is 0 Å². The number of aromatic nitrogens is 2. The Kier molecular flexibility index (Phi) is 4.45. The Hall–Kier alpha value is -1.52. The first-order valence-corrected chi connectivity index (χ1v) is 6.58. The Bertz CT molecular complexity index is 574. The van der Waals surface area contributed by atoms with Crippen LogP contribution in [0.3, 0.4) is 0 Å². The third kappa shape index (κ3) is 3.49. The van der Waals surface area contributed by atoms with E-state index in [-0.39, 0.29) is 6.04 Å². The molecule has 0 radical (unpaired) electrons. The molecule has 6 heteroatoms. The van der Waals surface area contributed by atoms with Crippen LogP contribution in [-0.4, -0.2) is 17.0 Å². The fraction of sp³-hybridized carbons (Fsp3) is 0.231. The summed E-state index contributed by atoms with van der Waals surface area (Å²) in [6.45, 7) is 2.02. The van der Waals surface area contributed by atoms with Gasteiger partial charge in [0.05, 0.1) is 12.2 Å². The van der Waals surface area contributed by atoms with Crippen LogP contribution in [0.15, 0.2) is 30.5 Å². The molecule has 0 aliphatic heterocycles. The minimum absolute atomic E-state index is 0.0378. The molecule has 0 saturated heterocycles. The lowest BCUT2D eigenvalue weighted by atomic mass is 10.1. The predicted octanol–water partition coefficient (Wildman–Crippen LogP) is 4.00. The lowest BCUT2D eigenvalue weighted by molar-refractivity contribution is 0.872. The molecule has 0 bridgehead atoms. The Balaban J connectivity index is 2.21. The highest BCUT2D eigenvalue weighted by atomic mass is 35.5. The van der Waals surface area contributed by atoms with E-state index in [1.165, 1.54) is 0 Å². The molecule has 0 saturated carbocycles. The summed E-state index contributed by atoms with van der Waals surface area (Å²) in [5.74, 6) is 1.11. The second-order valence-electron chi connectivity index (χ2n) is 4.06. The molecule has 19 heavy (non-hydrogen) atoms. The van der Waals surface area contributed by atoms with Gasteiger partial charge in [0.25, 0.3) is 0 Å². The van der Waals surface area contributed by atoms with Crippen molar-refractivity contribution in [2.24, 2.45) is 0 Å². The SMILES string of the molecule is CNc1ncc(Cl)c(NC(C)c2cccc(Cl)c2)n1. The molecule has 2 N–H and O–H groups in total. The lowest BCUT2D eigenvalue weighted by Gasteiger charge is -2.16. The molecule has 1 atom stereocenters. The highest BCUT2D eigenvalue weighted by Gasteiger charge is 2.10. The van der Waals surface area contributed by atoms with E-state index in [9.17, 15) is 0 Å².